The topological polar surface area (TPSA) is 0 Å². The number of rotatable bonds is 0. The molecule has 0 N–H and O–H groups in total. The third kappa shape index (κ3) is 1.41. The second-order valence-electron chi connectivity index (χ2n) is 3.64. The number of halogens is 2. The molecule has 1 aromatic carbocycles. The van der Waals surface area contributed by atoms with Gasteiger partial charge < -0.3 is 0 Å². The monoisotopic (exact) mass is 302 g/mol. The quantitative estimate of drug-likeness (QED) is 0.685. The lowest BCUT2D eigenvalue weighted by Crippen LogP contribution is -2.11. The summed E-state index contributed by atoms with van der Waals surface area (Å²) in [5, 5.41) is 4.14. The fourth-order valence-corrected chi connectivity index (χ4v) is 5.29. The zero-order valence-corrected chi connectivity index (χ0v) is 11.0. The Hall–Kier alpha value is 0.0700. The Labute approximate surface area is 105 Å². The molecule has 1 aliphatic carbocycles. The Kier molecular flexibility index (Phi) is 2.41. The summed E-state index contributed by atoms with van der Waals surface area (Å²) in [5.74, 6) is -0.0607. The van der Waals surface area contributed by atoms with Crippen LogP contribution in [0.1, 0.15) is 17.5 Å². The van der Waals surface area contributed by atoms with Crippen molar-refractivity contribution in [2.75, 3.05) is 0 Å². The minimum Gasteiger partial charge on any atom is -0.207 e. The lowest BCUT2D eigenvalue weighted by Gasteiger charge is -2.22. The molecule has 3 rings (SSSR count). The first-order valence-corrected chi connectivity index (χ1v) is 7.26. The minimum absolute atomic E-state index is 0.0607. The van der Waals surface area contributed by atoms with E-state index in [4.69, 9.17) is 0 Å². The fourth-order valence-electron chi connectivity index (χ4n) is 2.20. The highest BCUT2D eigenvalue weighted by Gasteiger charge is 2.43. The van der Waals surface area contributed by atoms with E-state index in [9.17, 15) is 4.39 Å². The highest BCUT2D eigenvalue weighted by atomic mass is 79.9. The van der Waals surface area contributed by atoms with E-state index in [2.05, 4.69) is 26.7 Å². The van der Waals surface area contributed by atoms with Crippen LogP contribution >= 0.6 is 39.5 Å². The van der Waals surface area contributed by atoms with Gasteiger partial charge in [0.2, 0.25) is 0 Å². The van der Waals surface area contributed by atoms with Crippen LogP contribution in [0.2, 0.25) is 0 Å². The van der Waals surface area contributed by atoms with Crippen molar-refractivity contribution in [2.45, 2.75) is 16.9 Å². The molecule has 2 aliphatic rings. The van der Waals surface area contributed by atoms with Gasteiger partial charge in [0.25, 0.3) is 0 Å². The lowest BCUT2D eigenvalue weighted by molar-refractivity contribution is 0.607. The smallest absolute Gasteiger partial charge is 0.129 e. The Bertz CT molecular complexity index is 448. The SMILES string of the molecule is Fc1ccc(Br)c2c1C1(CC2)SC=CS1. The number of thioether (sulfide) groups is 2. The summed E-state index contributed by atoms with van der Waals surface area (Å²) in [6.45, 7) is 0. The van der Waals surface area contributed by atoms with Gasteiger partial charge in [-0.05, 0) is 41.4 Å². The van der Waals surface area contributed by atoms with Crippen LogP contribution in [0, 0.1) is 5.82 Å². The van der Waals surface area contributed by atoms with Crippen molar-refractivity contribution in [3.05, 3.63) is 44.4 Å². The molecule has 0 bridgehead atoms. The highest BCUT2D eigenvalue weighted by molar-refractivity contribution is 9.10. The normalized spacial score (nSPS) is 21.2. The molecule has 0 amide bonds. The van der Waals surface area contributed by atoms with Gasteiger partial charge in [0.1, 0.15) is 5.82 Å². The molecule has 1 aliphatic heterocycles. The Morgan fingerprint density at radius 1 is 1.27 bits per heavy atom. The molecular weight excluding hydrogens is 295 g/mol. The van der Waals surface area contributed by atoms with Crippen molar-refractivity contribution >= 4 is 39.5 Å². The van der Waals surface area contributed by atoms with E-state index in [1.807, 2.05) is 6.07 Å². The minimum atomic E-state index is -0.0802. The predicted octanol–water partition coefficient (Wildman–Crippen LogP) is 4.64. The molecule has 0 radical (unpaired) electrons. The average Bonchev–Trinajstić information content (AvgIpc) is 2.83. The molecule has 1 spiro atoms. The summed E-state index contributed by atoms with van der Waals surface area (Å²) in [6, 6.07) is 3.38. The molecule has 0 nitrogen and oxygen atoms in total. The Balaban J connectivity index is 2.21. The molecule has 1 aromatic rings. The second-order valence-corrected chi connectivity index (χ2v) is 7.17. The van der Waals surface area contributed by atoms with Gasteiger partial charge in [0, 0.05) is 10.0 Å². The molecule has 0 atom stereocenters. The molecule has 4 heteroatoms. The molecule has 0 saturated carbocycles. The number of hydrogen-bond donors (Lipinski definition) is 0. The summed E-state index contributed by atoms with van der Waals surface area (Å²) < 4.78 is 14.9. The fraction of sp³-hybridized carbons (Fsp3) is 0.273. The standard InChI is InChI=1S/C11H8BrFS2/c12-8-1-2-9(13)10-7(8)3-4-11(10)14-5-6-15-11/h1-2,5-6H,3-4H2. The van der Waals surface area contributed by atoms with Crippen LogP contribution in [0.25, 0.3) is 0 Å². The Morgan fingerprint density at radius 2 is 2.00 bits per heavy atom. The van der Waals surface area contributed by atoms with Crippen LogP contribution in [-0.4, -0.2) is 0 Å². The second kappa shape index (κ2) is 3.54. The third-order valence-corrected chi connectivity index (χ3v) is 6.48. The van der Waals surface area contributed by atoms with Gasteiger partial charge in [-0.25, -0.2) is 4.39 Å². The first-order valence-electron chi connectivity index (χ1n) is 4.71. The first kappa shape index (κ1) is 10.2. The number of benzene rings is 1. The lowest BCUT2D eigenvalue weighted by atomic mass is 10.1. The van der Waals surface area contributed by atoms with Crippen molar-refractivity contribution in [1.29, 1.82) is 0 Å². The maximum absolute atomic E-state index is 13.9. The summed E-state index contributed by atoms with van der Waals surface area (Å²) in [7, 11) is 0. The van der Waals surface area contributed by atoms with E-state index < -0.39 is 0 Å². The Morgan fingerprint density at radius 3 is 2.73 bits per heavy atom. The molecule has 0 aromatic heterocycles. The maximum atomic E-state index is 13.9. The zero-order valence-electron chi connectivity index (χ0n) is 7.80. The molecular formula is C11H8BrFS2. The van der Waals surface area contributed by atoms with Crippen LogP contribution in [0.5, 0.6) is 0 Å². The van der Waals surface area contributed by atoms with Gasteiger partial charge in [-0.2, -0.15) is 0 Å². The molecule has 1 heterocycles. The van der Waals surface area contributed by atoms with Gasteiger partial charge in [0.05, 0.1) is 4.08 Å². The zero-order chi connectivity index (χ0) is 10.5. The van der Waals surface area contributed by atoms with Gasteiger partial charge in [-0.3, -0.25) is 0 Å². The van der Waals surface area contributed by atoms with Gasteiger partial charge in [0.15, 0.2) is 0 Å². The van der Waals surface area contributed by atoms with Gasteiger partial charge >= 0.3 is 0 Å². The van der Waals surface area contributed by atoms with Crippen LogP contribution in [0.15, 0.2) is 27.4 Å². The first-order chi connectivity index (χ1) is 7.23. The van der Waals surface area contributed by atoms with E-state index >= 15 is 0 Å². The summed E-state index contributed by atoms with van der Waals surface area (Å²) >= 11 is 6.99. The molecule has 15 heavy (non-hydrogen) atoms. The van der Waals surface area contributed by atoms with Gasteiger partial charge in [-0.15, -0.1) is 23.5 Å². The van der Waals surface area contributed by atoms with Crippen LogP contribution in [0.3, 0.4) is 0 Å². The van der Waals surface area contributed by atoms with Crippen LogP contribution in [-0.2, 0) is 10.5 Å². The summed E-state index contributed by atoms with van der Waals surface area (Å²) in [5.41, 5.74) is 2.05. The predicted molar refractivity (Wildman–Crippen MR) is 68.4 cm³/mol. The van der Waals surface area contributed by atoms with Crippen molar-refractivity contribution in [1.82, 2.24) is 0 Å². The van der Waals surface area contributed by atoms with Crippen molar-refractivity contribution < 1.29 is 4.39 Å². The number of fused-ring (bicyclic) bond motifs is 2. The highest BCUT2D eigenvalue weighted by Crippen LogP contribution is 2.60. The molecule has 0 saturated heterocycles. The van der Waals surface area contributed by atoms with E-state index in [1.165, 1.54) is 0 Å². The van der Waals surface area contributed by atoms with Crippen LogP contribution in [0.4, 0.5) is 4.39 Å². The van der Waals surface area contributed by atoms with E-state index in [1.54, 1.807) is 29.6 Å². The maximum Gasteiger partial charge on any atom is 0.129 e. The van der Waals surface area contributed by atoms with Crippen molar-refractivity contribution in [2.24, 2.45) is 0 Å². The summed E-state index contributed by atoms with van der Waals surface area (Å²) in [6.07, 6.45) is 1.99. The van der Waals surface area contributed by atoms with E-state index in [-0.39, 0.29) is 9.90 Å². The summed E-state index contributed by atoms with van der Waals surface area (Å²) in [4.78, 5) is 0. The molecule has 78 valence electrons. The average molecular weight is 303 g/mol. The van der Waals surface area contributed by atoms with E-state index in [0.29, 0.717) is 0 Å². The van der Waals surface area contributed by atoms with Crippen molar-refractivity contribution in [3.63, 3.8) is 0 Å². The third-order valence-electron chi connectivity index (χ3n) is 2.86. The largest absolute Gasteiger partial charge is 0.207 e. The van der Waals surface area contributed by atoms with E-state index in [0.717, 1.165) is 28.4 Å². The van der Waals surface area contributed by atoms with Gasteiger partial charge in [-0.1, -0.05) is 15.9 Å². The molecule has 0 unspecified atom stereocenters. The van der Waals surface area contributed by atoms with Crippen molar-refractivity contribution in [3.8, 4) is 0 Å². The number of hydrogen-bond acceptors (Lipinski definition) is 2. The van der Waals surface area contributed by atoms with Crippen LogP contribution < -0.4 is 0 Å². The molecule has 0 fully saturated rings.